The Morgan fingerprint density at radius 3 is 2.83 bits per heavy atom. The first-order chi connectivity index (χ1) is 11.2. The van der Waals surface area contributed by atoms with Gasteiger partial charge < -0.3 is 30.0 Å². The number of benzene rings is 1. The SMILES string of the molecule is CN1C(=O)[C@@H](OC(N)=O)COc2ccc(OCCC(C)(C)O)cc21. The van der Waals surface area contributed by atoms with Crippen molar-refractivity contribution >= 4 is 17.7 Å². The molecular weight excluding hydrogens is 316 g/mol. The fraction of sp³-hybridized carbons (Fsp3) is 0.500. The summed E-state index contributed by atoms with van der Waals surface area (Å²) in [6.45, 7) is 3.62. The predicted molar refractivity (Wildman–Crippen MR) is 86.2 cm³/mol. The number of likely N-dealkylation sites (N-methyl/N-ethyl adjacent to an activating group) is 1. The molecule has 1 aromatic carbocycles. The van der Waals surface area contributed by atoms with E-state index in [1.165, 1.54) is 4.90 Å². The van der Waals surface area contributed by atoms with Gasteiger partial charge in [0.25, 0.3) is 5.91 Å². The van der Waals surface area contributed by atoms with E-state index in [1.54, 1.807) is 39.1 Å². The highest BCUT2D eigenvalue weighted by Gasteiger charge is 2.32. The normalized spacial score (nSPS) is 17.6. The van der Waals surface area contributed by atoms with Crippen molar-refractivity contribution in [2.75, 3.05) is 25.2 Å². The highest BCUT2D eigenvalue weighted by Crippen LogP contribution is 2.34. The molecule has 24 heavy (non-hydrogen) atoms. The Morgan fingerprint density at radius 2 is 2.21 bits per heavy atom. The van der Waals surface area contributed by atoms with Crippen LogP contribution in [0.3, 0.4) is 0 Å². The lowest BCUT2D eigenvalue weighted by molar-refractivity contribution is -0.127. The molecule has 0 radical (unpaired) electrons. The van der Waals surface area contributed by atoms with Gasteiger partial charge >= 0.3 is 6.09 Å². The quantitative estimate of drug-likeness (QED) is 0.830. The van der Waals surface area contributed by atoms with E-state index in [9.17, 15) is 14.7 Å². The number of rotatable bonds is 5. The standard InChI is InChI=1S/C16H22N2O6/c1-16(2,21)6-7-22-10-4-5-12-11(8-10)18(3)14(19)13(9-23-12)24-15(17)20/h4-5,8,13,21H,6-7,9H2,1-3H3,(H2,17,20)/t13-/m0/s1. The van der Waals surface area contributed by atoms with E-state index in [0.29, 0.717) is 30.2 Å². The van der Waals surface area contributed by atoms with Gasteiger partial charge in [0.1, 0.15) is 18.1 Å². The van der Waals surface area contributed by atoms with Gasteiger partial charge in [0.05, 0.1) is 17.9 Å². The van der Waals surface area contributed by atoms with E-state index in [2.05, 4.69) is 0 Å². The summed E-state index contributed by atoms with van der Waals surface area (Å²) in [4.78, 5) is 24.6. The summed E-state index contributed by atoms with van der Waals surface area (Å²) in [5.74, 6) is 0.563. The molecule has 0 saturated carbocycles. The van der Waals surface area contributed by atoms with E-state index in [4.69, 9.17) is 19.9 Å². The van der Waals surface area contributed by atoms with Crippen LogP contribution in [0.15, 0.2) is 18.2 Å². The van der Waals surface area contributed by atoms with Crippen molar-refractivity contribution in [3.63, 3.8) is 0 Å². The molecule has 3 N–H and O–H groups in total. The summed E-state index contributed by atoms with van der Waals surface area (Å²) in [6, 6.07) is 5.03. The van der Waals surface area contributed by atoms with Crippen molar-refractivity contribution in [1.82, 2.24) is 0 Å². The molecule has 0 saturated heterocycles. The Balaban J connectivity index is 2.13. The van der Waals surface area contributed by atoms with Crippen molar-refractivity contribution in [2.45, 2.75) is 32.0 Å². The number of carbonyl (C=O) groups is 2. The fourth-order valence-corrected chi connectivity index (χ4v) is 2.19. The van der Waals surface area contributed by atoms with Crippen LogP contribution in [0.1, 0.15) is 20.3 Å². The summed E-state index contributed by atoms with van der Waals surface area (Å²) >= 11 is 0. The van der Waals surface area contributed by atoms with Gasteiger partial charge in [-0.25, -0.2) is 4.79 Å². The number of nitrogens with two attached hydrogens (primary N) is 1. The van der Waals surface area contributed by atoms with E-state index in [-0.39, 0.29) is 6.61 Å². The van der Waals surface area contributed by atoms with Crippen LogP contribution in [0.2, 0.25) is 0 Å². The van der Waals surface area contributed by atoms with Gasteiger partial charge in [-0.3, -0.25) is 4.79 Å². The first-order valence-corrected chi connectivity index (χ1v) is 7.53. The molecular formula is C16H22N2O6. The lowest BCUT2D eigenvalue weighted by atomic mass is 10.1. The summed E-state index contributed by atoms with van der Waals surface area (Å²) < 4.78 is 15.9. The minimum atomic E-state index is -1.10. The summed E-state index contributed by atoms with van der Waals surface area (Å²) in [5.41, 5.74) is 4.65. The van der Waals surface area contributed by atoms with Gasteiger partial charge in [0, 0.05) is 19.5 Å². The van der Waals surface area contributed by atoms with Gasteiger partial charge in [0.2, 0.25) is 6.10 Å². The second-order valence-corrected chi connectivity index (χ2v) is 6.17. The number of fused-ring (bicyclic) bond motifs is 1. The zero-order valence-electron chi connectivity index (χ0n) is 13.9. The molecule has 0 bridgehead atoms. The average molecular weight is 338 g/mol. The van der Waals surface area contributed by atoms with Gasteiger partial charge in [0.15, 0.2) is 0 Å². The molecule has 8 heteroatoms. The monoisotopic (exact) mass is 338 g/mol. The summed E-state index contributed by atoms with van der Waals surface area (Å²) in [7, 11) is 1.55. The van der Waals surface area contributed by atoms with E-state index >= 15 is 0 Å². The number of ether oxygens (including phenoxy) is 3. The summed E-state index contributed by atoms with van der Waals surface area (Å²) in [6.07, 6.45) is -1.67. The molecule has 0 aliphatic carbocycles. The topological polar surface area (TPSA) is 111 Å². The number of anilines is 1. The third-order valence-electron chi connectivity index (χ3n) is 3.53. The van der Waals surface area contributed by atoms with E-state index in [0.717, 1.165) is 0 Å². The molecule has 1 aromatic rings. The van der Waals surface area contributed by atoms with E-state index < -0.39 is 23.7 Å². The van der Waals surface area contributed by atoms with Gasteiger partial charge in [-0.05, 0) is 26.0 Å². The zero-order chi connectivity index (χ0) is 17.9. The largest absolute Gasteiger partial charge is 0.493 e. The third-order valence-corrected chi connectivity index (χ3v) is 3.53. The Kier molecular flexibility index (Phi) is 5.18. The maximum atomic E-state index is 12.3. The molecule has 1 aliphatic heterocycles. The van der Waals surface area contributed by atoms with Crippen LogP contribution >= 0.6 is 0 Å². The molecule has 1 atom stereocenters. The number of aliphatic hydroxyl groups is 1. The van der Waals surface area contributed by atoms with Crippen molar-refractivity contribution in [1.29, 1.82) is 0 Å². The number of nitrogens with zero attached hydrogens (tertiary/aromatic N) is 1. The number of primary amides is 1. The van der Waals surface area contributed by atoms with Crippen molar-refractivity contribution in [3.05, 3.63) is 18.2 Å². The molecule has 2 rings (SSSR count). The Hall–Kier alpha value is -2.48. The van der Waals surface area contributed by atoms with Gasteiger partial charge in [-0.1, -0.05) is 0 Å². The van der Waals surface area contributed by atoms with Crippen LogP contribution in [0, 0.1) is 0 Å². The van der Waals surface area contributed by atoms with Crippen molar-refractivity contribution in [3.8, 4) is 11.5 Å². The van der Waals surface area contributed by atoms with Crippen molar-refractivity contribution < 1.29 is 28.9 Å². The molecule has 0 spiro atoms. The maximum absolute atomic E-state index is 12.3. The Labute approximate surface area is 140 Å². The average Bonchev–Trinajstić information content (AvgIpc) is 2.58. The molecule has 2 amide bonds. The molecule has 1 heterocycles. The van der Waals surface area contributed by atoms with Crippen LogP contribution in [0.4, 0.5) is 10.5 Å². The Bertz CT molecular complexity index is 625. The minimum Gasteiger partial charge on any atom is -0.493 e. The highest BCUT2D eigenvalue weighted by molar-refractivity contribution is 5.99. The maximum Gasteiger partial charge on any atom is 0.405 e. The second-order valence-electron chi connectivity index (χ2n) is 6.17. The molecule has 0 fully saturated rings. The van der Waals surface area contributed by atoms with Gasteiger partial charge in [-0.15, -0.1) is 0 Å². The molecule has 132 valence electrons. The van der Waals surface area contributed by atoms with Crippen LogP contribution in [0.25, 0.3) is 0 Å². The lowest BCUT2D eigenvalue weighted by Crippen LogP contribution is -2.41. The lowest BCUT2D eigenvalue weighted by Gasteiger charge is -2.20. The molecule has 8 nitrogen and oxygen atoms in total. The van der Waals surface area contributed by atoms with Crippen LogP contribution < -0.4 is 20.1 Å². The minimum absolute atomic E-state index is 0.113. The summed E-state index contributed by atoms with van der Waals surface area (Å²) in [5, 5.41) is 9.70. The third kappa shape index (κ3) is 4.51. The van der Waals surface area contributed by atoms with Crippen LogP contribution in [0.5, 0.6) is 11.5 Å². The second kappa shape index (κ2) is 6.96. The molecule has 1 aliphatic rings. The molecule has 0 unspecified atom stereocenters. The zero-order valence-corrected chi connectivity index (χ0v) is 13.9. The smallest absolute Gasteiger partial charge is 0.405 e. The molecule has 0 aromatic heterocycles. The van der Waals surface area contributed by atoms with Crippen molar-refractivity contribution in [2.24, 2.45) is 5.73 Å². The number of amides is 2. The van der Waals surface area contributed by atoms with E-state index in [1.807, 2.05) is 0 Å². The number of hydrogen-bond donors (Lipinski definition) is 2. The number of hydrogen-bond acceptors (Lipinski definition) is 6. The van der Waals surface area contributed by atoms with Crippen LogP contribution in [-0.4, -0.2) is 49.1 Å². The first kappa shape index (κ1) is 17.9. The number of carbonyl (C=O) groups excluding carboxylic acids is 2. The first-order valence-electron chi connectivity index (χ1n) is 7.53. The predicted octanol–water partition coefficient (Wildman–Crippen LogP) is 1.05. The van der Waals surface area contributed by atoms with Gasteiger partial charge in [-0.2, -0.15) is 0 Å². The van der Waals surface area contributed by atoms with Crippen LogP contribution in [-0.2, 0) is 9.53 Å². The highest BCUT2D eigenvalue weighted by atomic mass is 16.6. The fourth-order valence-electron chi connectivity index (χ4n) is 2.19. The Morgan fingerprint density at radius 1 is 1.50 bits per heavy atom.